The van der Waals surface area contributed by atoms with Crippen molar-refractivity contribution in [3.8, 4) is 0 Å². The Balaban J connectivity index is 2.45. The minimum Gasteiger partial charge on any atom is -0.327 e. The van der Waals surface area contributed by atoms with E-state index in [0.717, 1.165) is 18.9 Å². The van der Waals surface area contributed by atoms with E-state index in [1.165, 1.54) is 6.54 Å². The first-order valence-corrected chi connectivity index (χ1v) is 4.70. The van der Waals surface area contributed by atoms with Gasteiger partial charge < -0.3 is 10.6 Å². The van der Waals surface area contributed by atoms with Crippen LogP contribution in [0, 0.1) is 11.8 Å². The van der Waals surface area contributed by atoms with Gasteiger partial charge in [-0.2, -0.15) is 0 Å². The summed E-state index contributed by atoms with van der Waals surface area (Å²) in [6, 6.07) is 0.308. The standard InChI is InChI=1S/C10H20N2/c1-4-5-10(11)9-7-12(3)6-8(9)2/h4,8-10H,1,5-7,11H2,2-3H3. The summed E-state index contributed by atoms with van der Waals surface area (Å²) >= 11 is 0. The molecule has 2 nitrogen and oxygen atoms in total. The zero-order chi connectivity index (χ0) is 9.14. The summed E-state index contributed by atoms with van der Waals surface area (Å²) in [6.07, 6.45) is 2.87. The second-order valence-electron chi connectivity index (χ2n) is 4.05. The smallest absolute Gasteiger partial charge is 0.0117 e. The van der Waals surface area contributed by atoms with Gasteiger partial charge in [-0.05, 0) is 25.3 Å². The van der Waals surface area contributed by atoms with Gasteiger partial charge in [0.05, 0.1) is 0 Å². The van der Waals surface area contributed by atoms with E-state index in [4.69, 9.17) is 5.73 Å². The SMILES string of the molecule is C=CCC(N)C1CN(C)CC1C. The van der Waals surface area contributed by atoms with Crippen molar-refractivity contribution in [2.24, 2.45) is 17.6 Å². The molecule has 1 heterocycles. The van der Waals surface area contributed by atoms with Crippen molar-refractivity contribution < 1.29 is 0 Å². The lowest BCUT2D eigenvalue weighted by atomic mass is 9.89. The molecular formula is C10H20N2. The quantitative estimate of drug-likeness (QED) is 0.639. The largest absolute Gasteiger partial charge is 0.327 e. The van der Waals surface area contributed by atoms with Gasteiger partial charge in [0.2, 0.25) is 0 Å². The molecule has 0 aromatic rings. The zero-order valence-corrected chi connectivity index (χ0v) is 8.16. The predicted molar refractivity (Wildman–Crippen MR) is 52.9 cm³/mol. The Morgan fingerprint density at radius 2 is 2.33 bits per heavy atom. The van der Waals surface area contributed by atoms with Crippen molar-refractivity contribution in [1.29, 1.82) is 0 Å². The van der Waals surface area contributed by atoms with E-state index in [-0.39, 0.29) is 0 Å². The van der Waals surface area contributed by atoms with Gasteiger partial charge >= 0.3 is 0 Å². The van der Waals surface area contributed by atoms with Crippen molar-refractivity contribution >= 4 is 0 Å². The van der Waals surface area contributed by atoms with Crippen LogP contribution >= 0.6 is 0 Å². The molecule has 1 rings (SSSR count). The third kappa shape index (κ3) is 2.08. The van der Waals surface area contributed by atoms with E-state index in [2.05, 4.69) is 25.5 Å². The van der Waals surface area contributed by atoms with E-state index in [1.54, 1.807) is 0 Å². The van der Waals surface area contributed by atoms with Gasteiger partial charge in [0.25, 0.3) is 0 Å². The molecule has 0 radical (unpaired) electrons. The molecule has 2 N–H and O–H groups in total. The van der Waals surface area contributed by atoms with Crippen molar-refractivity contribution in [2.45, 2.75) is 19.4 Å². The third-order valence-electron chi connectivity index (χ3n) is 2.84. The van der Waals surface area contributed by atoms with Crippen LogP contribution in [0.3, 0.4) is 0 Å². The van der Waals surface area contributed by atoms with Gasteiger partial charge in [-0.1, -0.05) is 13.0 Å². The first-order chi connectivity index (χ1) is 5.65. The number of hydrogen-bond acceptors (Lipinski definition) is 2. The van der Waals surface area contributed by atoms with Crippen molar-refractivity contribution in [3.05, 3.63) is 12.7 Å². The van der Waals surface area contributed by atoms with Crippen LogP contribution in [0.2, 0.25) is 0 Å². The summed E-state index contributed by atoms with van der Waals surface area (Å²) < 4.78 is 0. The molecular weight excluding hydrogens is 148 g/mol. The number of likely N-dealkylation sites (tertiary alicyclic amines) is 1. The van der Waals surface area contributed by atoms with Gasteiger partial charge in [0.15, 0.2) is 0 Å². The Bertz CT molecular complexity index is 156. The molecule has 1 saturated heterocycles. The van der Waals surface area contributed by atoms with Gasteiger partial charge in [0, 0.05) is 19.1 Å². The summed E-state index contributed by atoms with van der Waals surface area (Å²) in [4.78, 5) is 2.36. The second kappa shape index (κ2) is 4.06. The van der Waals surface area contributed by atoms with Crippen molar-refractivity contribution in [3.63, 3.8) is 0 Å². The fourth-order valence-corrected chi connectivity index (χ4v) is 2.17. The Morgan fingerprint density at radius 3 is 2.75 bits per heavy atom. The highest BCUT2D eigenvalue weighted by molar-refractivity contribution is 4.89. The summed E-state index contributed by atoms with van der Waals surface area (Å²) in [5, 5.41) is 0. The third-order valence-corrected chi connectivity index (χ3v) is 2.84. The molecule has 1 fully saturated rings. The summed E-state index contributed by atoms with van der Waals surface area (Å²) in [5.41, 5.74) is 6.04. The molecule has 1 aliphatic rings. The average molecular weight is 168 g/mol. The molecule has 0 saturated carbocycles. The topological polar surface area (TPSA) is 29.3 Å². The van der Waals surface area contributed by atoms with Crippen LogP contribution in [0.25, 0.3) is 0 Å². The van der Waals surface area contributed by atoms with Gasteiger partial charge in [-0.15, -0.1) is 6.58 Å². The van der Waals surface area contributed by atoms with Crippen LogP contribution < -0.4 is 5.73 Å². The Morgan fingerprint density at radius 1 is 1.67 bits per heavy atom. The van der Waals surface area contributed by atoms with Crippen LogP contribution in [0.15, 0.2) is 12.7 Å². The molecule has 0 amide bonds. The minimum atomic E-state index is 0.308. The van der Waals surface area contributed by atoms with Gasteiger partial charge in [-0.3, -0.25) is 0 Å². The molecule has 70 valence electrons. The maximum atomic E-state index is 6.04. The number of rotatable bonds is 3. The number of nitrogens with two attached hydrogens (primary N) is 1. The fourth-order valence-electron chi connectivity index (χ4n) is 2.17. The Hall–Kier alpha value is -0.340. The van der Waals surface area contributed by atoms with E-state index in [1.807, 2.05) is 6.08 Å². The maximum Gasteiger partial charge on any atom is 0.0117 e. The Labute approximate surface area is 75.4 Å². The molecule has 2 heteroatoms. The highest BCUT2D eigenvalue weighted by Crippen LogP contribution is 2.25. The maximum absolute atomic E-state index is 6.04. The lowest BCUT2D eigenvalue weighted by Gasteiger charge is -2.20. The molecule has 0 bridgehead atoms. The van der Waals surface area contributed by atoms with Crippen LogP contribution in [0.4, 0.5) is 0 Å². The molecule has 3 atom stereocenters. The van der Waals surface area contributed by atoms with Crippen LogP contribution in [0.1, 0.15) is 13.3 Å². The van der Waals surface area contributed by atoms with E-state index in [0.29, 0.717) is 12.0 Å². The van der Waals surface area contributed by atoms with E-state index in [9.17, 15) is 0 Å². The molecule has 0 spiro atoms. The first-order valence-electron chi connectivity index (χ1n) is 4.70. The monoisotopic (exact) mass is 168 g/mol. The highest BCUT2D eigenvalue weighted by Gasteiger charge is 2.30. The molecule has 0 aromatic carbocycles. The molecule has 3 unspecified atom stereocenters. The van der Waals surface area contributed by atoms with Gasteiger partial charge in [-0.25, -0.2) is 0 Å². The second-order valence-corrected chi connectivity index (χ2v) is 4.05. The predicted octanol–water partition coefficient (Wildman–Crippen LogP) is 1.09. The molecule has 0 aromatic heterocycles. The van der Waals surface area contributed by atoms with Crippen LogP contribution in [0.5, 0.6) is 0 Å². The van der Waals surface area contributed by atoms with Crippen molar-refractivity contribution in [1.82, 2.24) is 4.90 Å². The Kier molecular flexibility index (Phi) is 3.29. The molecule has 0 aliphatic carbocycles. The number of hydrogen-bond donors (Lipinski definition) is 1. The average Bonchev–Trinajstić information content (AvgIpc) is 2.30. The van der Waals surface area contributed by atoms with Gasteiger partial charge in [0.1, 0.15) is 0 Å². The zero-order valence-electron chi connectivity index (χ0n) is 8.16. The number of nitrogens with zero attached hydrogens (tertiary/aromatic N) is 1. The summed E-state index contributed by atoms with van der Waals surface area (Å²) in [5.74, 6) is 1.40. The summed E-state index contributed by atoms with van der Waals surface area (Å²) in [7, 11) is 2.16. The lowest BCUT2D eigenvalue weighted by molar-refractivity contribution is 0.357. The van der Waals surface area contributed by atoms with E-state index < -0.39 is 0 Å². The van der Waals surface area contributed by atoms with E-state index >= 15 is 0 Å². The molecule has 12 heavy (non-hydrogen) atoms. The van der Waals surface area contributed by atoms with Crippen LogP contribution in [-0.4, -0.2) is 31.1 Å². The normalized spacial score (nSPS) is 33.6. The summed E-state index contributed by atoms with van der Waals surface area (Å²) in [6.45, 7) is 8.35. The lowest BCUT2D eigenvalue weighted by Crippen LogP contribution is -2.33. The minimum absolute atomic E-state index is 0.308. The highest BCUT2D eigenvalue weighted by atomic mass is 15.1. The molecule has 1 aliphatic heterocycles. The first kappa shape index (κ1) is 9.75. The van der Waals surface area contributed by atoms with Crippen LogP contribution in [-0.2, 0) is 0 Å². The fraction of sp³-hybridized carbons (Fsp3) is 0.800. The van der Waals surface area contributed by atoms with Crippen molar-refractivity contribution in [2.75, 3.05) is 20.1 Å².